The van der Waals surface area contributed by atoms with E-state index in [1.807, 2.05) is 23.0 Å². The molecule has 0 spiro atoms. The maximum atomic E-state index is 5.84. The number of rotatable bonds is 4. The quantitative estimate of drug-likeness (QED) is 0.861. The van der Waals surface area contributed by atoms with Crippen LogP contribution in [0.4, 0.5) is 0 Å². The summed E-state index contributed by atoms with van der Waals surface area (Å²) in [5, 5.41) is 11.6. The Hall–Kier alpha value is -1.31. The van der Waals surface area contributed by atoms with Crippen LogP contribution in [0.15, 0.2) is 11.7 Å². The molecule has 1 saturated carbocycles. The number of aromatic nitrogens is 4. The van der Waals surface area contributed by atoms with Gasteiger partial charge in [-0.2, -0.15) is 0 Å². The lowest BCUT2D eigenvalue weighted by Crippen LogP contribution is -2.38. The Morgan fingerprint density at radius 2 is 2.33 bits per heavy atom. The third-order valence-electron chi connectivity index (χ3n) is 4.07. The molecule has 0 amide bonds. The summed E-state index contributed by atoms with van der Waals surface area (Å²) in [5.41, 5.74) is 1.19. The standard InChI is InChI=1S/C14H19N5OS/c1-18-9-15-17-13(18)12-7-19(4-5-20-12)6-11-8-21-14(16-11)10-2-3-10/h8-10,12H,2-7H2,1H3. The van der Waals surface area contributed by atoms with Crippen molar-refractivity contribution in [2.45, 2.75) is 31.4 Å². The predicted molar refractivity (Wildman–Crippen MR) is 79.1 cm³/mol. The van der Waals surface area contributed by atoms with Crippen molar-refractivity contribution in [3.63, 3.8) is 0 Å². The normalized spacial score (nSPS) is 23.6. The number of aryl methyl sites for hydroxylation is 1. The lowest BCUT2D eigenvalue weighted by molar-refractivity contribution is -0.0388. The molecule has 6 nitrogen and oxygen atoms in total. The Morgan fingerprint density at radius 3 is 3.10 bits per heavy atom. The average Bonchev–Trinajstić information content (AvgIpc) is 3.09. The molecule has 112 valence electrons. The van der Waals surface area contributed by atoms with Crippen molar-refractivity contribution >= 4 is 11.3 Å². The van der Waals surface area contributed by atoms with Crippen molar-refractivity contribution in [3.05, 3.63) is 28.2 Å². The number of thiazole rings is 1. The van der Waals surface area contributed by atoms with Crippen LogP contribution < -0.4 is 0 Å². The van der Waals surface area contributed by atoms with E-state index in [0.717, 1.165) is 38.0 Å². The second-order valence-electron chi connectivity index (χ2n) is 5.85. The van der Waals surface area contributed by atoms with Crippen LogP contribution in [-0.4, -0.2) is 44.3 Å². The molecule has 4 rings (SSSR count). The van der Waals surface area contributed by atoms with Crippen LogP contribution >= 0.6 is 11.3 Å². The molecule has 1 saturated heterocycles. The van der Waals surface area contributed by atoms with Crippen LogP contribution in [0.3, 0.4) is 0 Å². The fraction of sp³-hybridized carbons (Fsp3) is 0.643. The first-order chi connectivity index (χ1) is 10.3. The molecular formula is C14H19N5OS. The fourth-order valence-electron chi connectivity index (χ4n) is 2.73. The van der Waals surface area contributed by atoms with Gasteiger partial charge in [0.25, 0.3) is 0 Å². The van der Waals surface area contributed by atoms with Crippen molar-refractivity contribution < 1.29 is 4.74 Å². The molecule has 3 heterocycles. The summed E-state index contributed by atoms with van der Waals surface area (Å²) in [4.78, 5) is 7.17. The summed E-state index contributed by atoms with van der Waals surface area (Å²) in [7, 11) is 1.96. The predicted octanol–water partition coefficient (Wildman–Crippen LogP) is 1.72. The van der Waals surface area contributed by atoms with E-state index < -0.39 is 0 Å². The SMILES string of the molecule is Cn1cnnc1C1CN(Cc2csc(C3CC3)n2)CCO1. The number of hydrogen-bond acceptors (Lipinski definition) is 6. The Bertz CT molecular complexity index is 620. The van der Waals surface area contributed by atoms with Gasteiger partial charge in [0.2, 0.25) is 0 Å². The molecule has 1 aliphatic carbocycles. The molecule has 2 fully saturated rings. The van der Waals surface area contributed by atoms with E-state index in [1.54, 1.807) is 6.33 Å². The second-order valence-corrected chi connectivity index (χ2v) is 6.74. The molecule has 0 bridgehead atoms. The van der Waals surface area contributed by atoms with Gasteiger partial charge < -0.3 is 9.30 Å². The van der Waals surface area contributed by atoms with E-state index in [9.17, 15) is 0 Å². The first-order valence-electron chi connectivity index (χ1n) is 7.42. The zero-order valence-corrected chi connectivity index (χ0v) is 12.9. The average molecular weight is 305 g/mol. The van der Waals surface area contributed by atoms with Crippen LogP contribution in [0.1, 0.15) is 41.4 Å². The molecule has 7 heteroatoms. The first-order valence-corrected chi connectivity index (χ1v) is 8.29. The summed E-state index contributed by atoms with van der Waals surface area (Å²) in [6.45, 7) is 3.44. The minimum Gasteiger partial charge on any atom is -0.368 e. The number of ether oxygens (including phenoxy) is 1. The Balaban J connectivity index is 1.41. The monoisotopic (exact) mass is 305 g/mol. The number of hydrogen-bond donors (Lipinski definition) is 0. The highest BCUT2D eigenvalue weighted by Crippen LogP contribution is 2.41. The summed E-state index contributed by atoms with van der Waals surface area (Å²) in [6.07, 6.45) is 4.37. The molecule has 1 unspecified atom stereocenters. The molecule has 2 aromatic rings. The molecule has 21 heavy (non-hydrogen) atoms. The van der Waals surface area contributed by atoms with Gasteiger partial charge in [-0.05, 0) is 12.8 Å². The molecule has 0 radical (unpaired) electrons. The molecule has 0 N–H and O–H groups in total. The van der Waals surface area contributed by atoms with Gasteiger partial charge in [-0.3, -0.25) is 4.90 Å². The number of morpholine rings is 1. The molecule has 2 aliphatic rings. The minimum absolute atomic E-state index is 0.00721. The molecule has 2 aromatic heterocycles. The molecule has 1 atom stereocenters. The third-order valence-corrected chi connectivity index (χ3v) is 5.12. The van der Waals surface area contributed by atoms with E-state index in [4.69, 9.17) is 9.72 Å². The zero-order valence-electron chi connectivity index (χ0n) is 12.1. The van der Waals surface area contributed by atoms with E-state index in [-0.39, 0.29) is 6.10 Å². The van der Waals surface area contributed by atoms with Gasteiger partial charge >= 0.3 is 0 Å². The minimum atomic E-state index is 0.00721. The summed E-state index contributed by atoms with van der Waals surface area (Å²) in [6, 6.07) is 0. The molecule has 0 aromatic carbocycles. The topological polar surface area (TPSA) is 56.1 Å². The van der Waals surface area contributed by atoms with Gasteiger partial charge in [0.1, 0.15) is 12.4 Å². The summed E-state index contributed by atoms with van der Waals surface area (Å²) >= 11 is 1.81. The first kappa shape index (κ1) is 13.4. The largest absolute Gasteiger partial charge is 0.368 e. The van der Waals surface area contributed by atoms with Crippen molar-refractivity contribution in [2.75, 3.05) is 19.7 Å². The van der Waals surface area contributed by atoms with Crippen LogP contribution in [0, 0.1) is 0 Å². The Labute approximate surface area is 127 Å². The van der Waals surface area contributed by atoms with Crippen molar-refractivity contribution in [1.82, 2.24) is 24.6 Å². The van der Waals surface area contributed by atoms with Gasteiger partial charge in [-0.1, -0.05) is 0 Å². The molecule has 1 aliphatic heterocycles. The van der Waals surface area contributed by atoms with E-state index in [0.29, 0.717) is 0 Å². The smallest absolute Gasteiger partial charge is 0.163 e. The van der Waals surface area contributed by atoms with E-state index in [2.05, 4.69) is 20.5 Å². The van der Waals surface area contributed by atoms with Crippen LogP contribution in [-0.2, 0) is 18.3 Å². The van der Waals surface area contributed by atoms with Crippen LogP contribution in [0.5, 0.6) is 0 Å². The summed E-state index contributed by atoms with van der Waals surface area (Å²) < 4.78 is 7.77. The number of nitrogens with zero attached hydrogens (tertiary/aromatic N) is 5. The van der Waals surface area contributed by atoms with Gasteiger partial charge in [0.15, 0.2) is 5.82 Å². The fourth-order valence-corrected chi connectivity index (χ4v) is 3.71. The highest BCUT2D eigenvalue weighted by atomic mass is 32.1. The Kier molecular flexibility index (Phi) is 3.48. The van der Waals surface area contributed by atoms with Gasteiger partial charge in [0.05, 0.1) is 17.3 Å². The lowest BCUT2D eigenvalue weighted by Gasteiger charge is -2.31. The maximum absolute atomic E-state index is 5.84. The second kappa shape index (κ2) is 5.47. The summed E-state index contributed by atoms with van der Waals surface area (Å²) in [5.74, 6) is 1.65. The lowest BCUT2D eigenvalue weighted by atomic mass is 10.2. The van der Waals surface area contributed by atoms with Gasteiger partial charge in [-0.15, -0.1) is 21.5 Å². The van der Waals surface area contributed by atoms with Crippen molar-refractivity contribution in [2.24, 2.45) is 7.05 Å². The Morgan fingerprint density at radius 1 is 1.43 bits per heavy atom. The highest BCUT2D eigenvalue weighted by molar-refractivity contribution is 7.09. The van der Waals surface area contributed by atoms with Crippen molar-refractivity contribution in [1.29, 1.82) is 0 Å². The third kappa shape index (κ3) is 2.86. The highest BCUT2D eigenvalue weighted by Gasteiger charge is 2.28. The maximum Gasteiger partial charge on any atom is 0.163 e. The van der Waals surface area contributed by atoms with E-state index in [1.165, 1.54) is 23.5 Å². The van der Waals surface area contributed by atoms with Crippen LogP contribution in [0.2, 0.25) is 0 Å². The molecular weight excluding hydrogens is 286 g/mol. The zero-order chi connectivity index (χ0) is 14.2. The van der Waals surface area contributed by atoms with Gasteiger partial charge in [0, 0.05) is 38.0 Å². The van der Waals surface area contributed by atoms with E-state index >= 15 is 0 Å². The van der Waals surface area contributed by atoms with Crippen molar-refractivity contribution in [3.8, 4) is 0 Å². The van der Waals surface area contributed by atoms with Gasteiger partial charge in [-0.25, -0.2) is 4.98 Å². The van der Waals surface area contributed by atoms with Crippen LogP contribution in [0.25, 0.3) is 0 Å².